The maximum Gasteiger partial charge on any atom is 0.328 e. The van der Waals surface area contributed by atoms with E-state index in [4.69, 9.17) is 0 Å². The van der Waals surface area contributed by atoms with Crippen molar-refractivity contribution in [2.24, 2.45) is 14.1 Å². The average molecular weight is 220 g/mol. The molecule has 1 aromatic carbocycles. The minimum atomic E-state index is -0.953. The first-order valence-corrected chi connectivity index (χ1v) is 5.21. The third-order valence-electron chi connectivity index (χ3n) is 2.94. The van der Waals surface area contributed by atoms with Crippen molar-refractivity contribution in [1.82, 2.24) is 9.13 Å². The van der Waals surface area contributed by atoms with Gasteiger partial charge in [-0.1, -0.05) is 12.1 Å². The monoisotopic (exact) mass is 220 g/mol. The van der Waals surface area contributed by atoms with Crippen LogP contribution in [-0.2, 0) is 19.7 Å². The molecule has 0 saturated heterocycles. The molecule has 0 aliphatic rings. The second kappa shape index (κ2) is 3.22. The normalized spacial score (nSPS) is 12.3. The molecule has 4 nitrogen and oxygen atoms in total. The number of nitrogens with zero attached hydrogens (tertiary/aromatic N) is 2. The lowest BCUT2D eigenvalue weighted by Crippen LogP contribution is -2.21. The Morgan fingerprint density at radius 3 is 2.38 bits per heavy atom. The highest BCUT2D eigenvalue weighted by Crippen LogP contribution is 2.26. The van der Waals surface area contributed by atoms with Gasteiger partial charge in [0.1, 0.15) is 0 Å². The summed E-state index contributed by atoms with van der Waals surface area (Å²) in [6.07, 6.45) is 0. The summed E-state index contributed by atoms with van der Waals surface area (Å²) in [6, 6.07) is 5.59. The molecule has 0 radical (unpaired) electrons. The highest BCUT2D eigenvalue weighted by Gasteiger charge is 2.22. The van der Waals surface area contributed by atoms with E-state index in [1.54, 1.807) is 37.1 Å². The van der Waals surface area contributed by atoms with Crippen molar-refractivity contribution in [3.63, 3.8) is 0 Å². The molecular weight excluding hydrogens is 204 g/mol. The van der Waals surface area contributed by atoms with E-state index in [9.17, 15) is 9.90 Å². The zero-order chi connectivity index (χ0) is 12.1. The van der Waals surface area contributed by atoms with Gasteiger partial charge in [-0.2, -0.15) is 0 Å². The Labute approximate surface area is 93.7 Å². The number of para-hydroxylation sites is 1. The van der Waals surface area contributed by atoms with Crippen LogP contribution in [0.5, 0.6) is 0 Å². The highest BCUT2D eigenvalue weighted by molar-refractivity contribution is 5.80. The van der Waals surface area contributed by atoms with Crippen molar-refractivity contribution in [1.29, 1.82) is 0 Å². The van der Waals surface area contributed by atoms with E-state index >= 15 is 0 Å². The standard InChI is InChI=1S/C12H16N2O2/c1-12(2,16)8-6-5-7-9-10(8)14(4)11(15)13(9)3/h5-7,16H,1-4H3. The van der Waals surface area contributed by atoms with Crippen LogP contribution < -0.4 is 5.69 Å². The molecule has 1 N–H and O–H groups in total. The summed E-state index contributed by atoms with van der Waals surface area (Å²) in [7, 11) is 3.46. The van der Waals surface area contributed by atoms with Crippen LogP contribution in [0.15, 0.2) is 23.0 Å². The number of aryl methyl sites for hydroxylation is 2. The number of rotatable bonds is 1. The quantitative estimate of drug-likeness (QED) is 0.782. The minimum Gasteiger partial charge on any atom is -0.386 e. The van der Waals surface area contributed by atoms with Crippen LogP contribution in [0.25, 0.3) is 11.0 Å². The number of fused-ring (bicyclic) bond motifs is 1. The minimum absolute atomic E-state index is 0.0771. The summed E-state index contributed by atoms with van der Waals surface area (Å²) >= 11 is 0. The van der Waals surface area contributed by atoms with E-state index in [-0.39, 0.29) is 5.69 Å². The average Bonchev–Trinajstić information content (AvgIpc) is 2.43. The summed E-state index contributed by atoms with van der Waals surface area (Å²) in [5.41, 5.74) is 1.37. The molecule has 0 bridgehead atoms. The van der Waals surface area contributed by atoms with E-state index in [0.717, 1.165) is 16.6 Å². The Hall–Kier alpha value is -1.55. The number of hydrogen-bond acceptors (Lipinski definition) is 2. The van der Waals surface area contributed by atoms with Crippen molar-refractivity contribution in [3.8, 4) is 0 Å². The molecule has 0 aliphatic carbocycles. The lowest BCUT2D eigenvalue weighted by Gasteiger charge is -2.19. The molecule has 2 rings (SSSR count). The first-order chi connectivity index (χ1) is 7.34. The number of benzene rings is 1. The molecule has 0 amide bonds. The molecule has 0 unspecified atom stereocenters. The molecule has 0 spiro atoms. The van der Waals surface area contributed by atoms with E-state index in [1.165, 1.54) is 0 Å². The molecule has 4 heteroatoms. The number of imidazole rings is 1. The van der Waals surface area contributed by atoms with E-state index in [1.807, 2.05) is 18.2 Å². The zero-order valence-corrected chi connectivity index (χ0v) is 9.98. The van der Waals surface area contributed by atoms with E-state index in [0.29, 0.717) is 0 Å². The second-order valence-corrected chi connectivity index (χ2v) is 4.63. The van der Waals surface area contributed by atoms with Gasteiger partial charge in [0.15, 0.2) is 0 Å². The molecule has 1 heterocycles. The predicted octanol–water partition coefficient (Wildman–Crippen LogP) is 1.10. The number of hydrogen-bond donors (Lipinski definition) is 1. The molecule has 16 heavy (non-hydrogen) atoms. The molecule has 0 fully saturated rings. The van der Waals surface area contributed by atoms with Crippen LogP contribution in [0.2, 0.25) is 0 Å². The van der Waals surface area contributed by atoms with Gasteiger partial charge >= 0.3 is 5.69 Å². The second-order valence-electron chi connectivity index (χ2n) is 4.63. The summed E-state index contributed by atoms with van der Waals surface area (Å²) in [6.45, 7) is 3.44. The van der Waals surface area contributed by atoms with Crippen molar-refractivity contribution in [2.75, 3.05) is 0 Å². The van der Waals surface area contributed by atoms with Gasteiger partial charge in [0.2, 0.25) is 0 Å². The largest absolute Gasteiger partial charge is 0.386 e. The summed E-state index contributed by atoms with van der Waals surface area (Å²) in [5.74, 6) is 0. The van der Waals surface area contributed by atoms with Gasteiger partial charge in [-0.3, -0.25) is 9.13 Å². The van der Waals surface area contributed by atoms with Crippen molar-refractivity contribution in [3.05, 3.63) is 34.2 Å². The van der Waals surface area contributed by atoms with Crippen LogP contribution in [-0.4, -0.2) is 14.2 Å². The fraction of sp³-hybridized carbons (Fsp3) is 0.417. The van der Waals surface area contributed by atoms with Gasteiger partial charge in [-0.25, -0.2) is 4.79 Å². The lowest BCUT2D eigenvalue weighted by molar-refractivity contribution is 0.0798. The molecule has 0 atom stereocenters. The van der Waals surface area contributed by atoms with E-state index < -0.39 is 5.60 Å². The topological polar surface area (TPSA) is 47.2 Å². The van der Waals surface area contributed by atoms with Gasteiger partial charge in [0, 0.05) is 19.7 Å². The first kappa shape index (κ1) is 11.0. The molecule has 0 aliphatic heterocycles. The number of aliphatic hydroxyl groups is 1. The molecule has 86 valence electrons. The van der Waals surface area contributed by atoms with Crippen LogP contribution in [0, 0.1) is 0 Å². The van der Waals surface area contributed by atoms with Gasteiger partial charge < -0.3 is 5.11 Å². The summed E-state index contributed by atoms with van der Waals surface area (Å²) < 4.78 is 3.16. The van der Waals surface area contributed by atoms with Crippen LogP contribution in [0.1, 0.15) is 19.4 Å². The molecule has 0 saturated carbocycles. The number of aromatic nitrogens is 2. The highest BCUT2D eigenvalue weighted by atomic mass is 16.3. The maximum atomic E-state index is 11.8. The SMILES string of the molecule is Cn1c(=O)n(C)c2c(C(C)(C)O)cccc21. The van der Waals surface area contributed by atoms with Gasteiger partial charge in [0.05, 0.1) is 16.6 Å². The Kier molecular flexibility index (Phi) is 2.20. The summed E-state index contributed by atoms with van der Waals surface area (Å²) in [5, 5.41) is 10.1. The summed E-state index contributed by atoms with van der Waals surface area (Å²) in [4.78, 5) is 11.8. The van der Waals surface area contributed by atoms with E-state index in [2.05, 4.69) is 0 Å². The van der Waals surface area contributed by atoms with Crippen molar-refractivity contribution < 1.29 is 5.11 Å². The fourth-order valence-electron chi connectivity index (χ4n) is 2.07. The van der Waals surface area contributed by atoms with Gasteiger partial charge in [0.25, 0.3) is 0 Å². The van der Waals surface area contributed by atoms with Crippen molar-refractivity contribution >= 4 is 11.0 Å². The van der Waals surface area contributed by atoms with Crippen LogP contribution in [0.3, 0.4) is 0 Å². The lowest BCUT2D eigenvalue weighted by atomic mass is 9.97. The Balaban J connectivity index is 2.99. The molecular formula is C12H16N2O2. The fourth-order valence-corrected chi connectivity index (χ4v) is 2.07. The van der Waals surface area contributed by atoms with Crippen LogP contribution >= 0.6 is 0 Å². The van der Waals surface area contributed by atoms with Gasteiger partial charge in [-0.05, 0) is 19.9 Å². The maximum absolute atomic E-state index is 11.8. The Morgan fingerprint density at radius 1 is 1.19 bits per heavy atom. The third-order valence-corrected chi connectivity index (χ3v) is 2.94. The Bertz CT molecular complexity index is 600. The first-order valence-electron chi connectivity index (χ1n) is 5.21. The molecule has 2 aromatic rings. The van der Waals surface area contributed by atoms with Crippen molar-refractivity contribution in [2.45, 2.75) is 19.4 Å². The zero-order valence-electron chi connectivity index (χ0n) is 9.98. The van der Waals surface area contributed by atoms with Crippen LogP contribution in [0.4, 0.5) is 0 Å². The third kappa shape index (κ3) is 1.38. The predicted molar refractivity (Wildman–Crippen MR) is 63.4 cm³/mol. The Morgan fingerprint density at radius 2 is 1.81 bits per heavy atom. The van der Waals surface area contributed by atoms with Gasteiger partial charge in [-0.15, -0.1) is 0 Å². The molecule has 1 aromatic heterocycles. The smallest absolute Gasteiger partial charge is 0.328 e.